The van der Waals surface area contributed by atoms with Crippen molar-refractivity contribution in [3.63, 3.8) is 0 Å². The molecule has 17 heavy (non-hydrogen) atoms. The van der Waals surface area contributed by atoms with Gasteiger partial charge in [0.1, 0.15) is 5.82 Å². The Hall–Kier alpha value is -2.17. The molecule has 0 saturated carbocycles. The zero-order valence-corrected chi connectivity index (χ0v) is 9.26. The maximum absolute atomic E-state index is 10.4. The fraction of sp³-hybridized carbons (Fsp3) is 0.250. The van der Waals surface area contributed by atoms with Gasteiger partial charge in [-0.1, -0.05) is 0 Å². The maximum Gasteiger partial charge on any atom is 0.303 e. The molecule has 0 unspecified atom stereocenters. The topological polar surface area (TPSA) is 78.9 Å². The lowest BCUT2D eigenvalue weighted by Gasteiger charge is -1.96. The van der Waals surface area contributed by atoms with Crippen molar-refractivity contribution in [2.45, 2.75) is 19.3 Å². The fourth-order valence-electron chi connectivity index (χ4n) is 1.57. The van der Waals surface area contributed by atoms with Crippen LogP contribution < -0.4 is 0 Å². The van der Waals surface area contributed by atoms with Gasteiger partial charge in [-0.3, -0.25) is 9.78 Å². The predicted molar refractivity (Wildman–Crippen MR) is 62.4 cm³/mol. The van der Waals surface area contributed by atoms with E-state index in [1.54, 1.807) is 18.6 Å². The van der Waals surface area contributed by atoms with E-state index in [1.165, 1.54) is 0 Å². The van der Waals surface area contributed by atoms with E-state index in [-0.39, 0.29) is 6.42 Å². The number of aromatic amines is 1. The SMILES string of the molecule is O=C(O)CCCc1ncc(-c2ccncc2)[nH]1. The van der Waals surface area contributed by atoms with Crippen molar-refractivity contribution in [2.24, 2.45) is 0 Å². The summed E-state index contributed by atoms with van der Waals surface area (Å²) in [6.45, 7) is 0. The molecule has 5 nitrogen and oxygen atoms in total. The number of carbonyl (C=O) groups is 1. The van der Waals surface area contributed by atoms with Crippen LogP contribution in [0.15, 0.2) is 30.7 Å². The van der Waals surface area contributed by atoms with E-state index in [4.69, 9.17) is 5.11 Å². The van der Waals surface area contributed by atoms with Gasteiger partial charge in [-0.05, 0) is 18.6 Å². The van der Waals surface area contributed by atoms with Gasteiger partial charge in [-0.25, -0.2) is 4.98 Å². The molecule has 0 saturated heterocycles. The highest BCUT2D eigenvalue weighted by molar-refractivity contribution is 5.66. The molecule has 0 fully saturated rings. The van der Waals surface area contributed by atoms with E-state index in [0.717, 1.165) is 17.1 Å². The number of imidazole rings is 1. The van der Waals surface area contributed by atoms with E-state index in [9.17, 15) is 4.79 Å². The van der Waals surface area contributed by atoms with Gasteiger partial charge in [0, 0.05) is 30.8 Å². The Morgan fingerprint density at radius 1 is 1.35 bits per heavy atom. The summed E-state index contributed by atoms with van der Waals surface area (Å²) in [5.41, 5.74) is 1.95. The highest BCUT2D eigenvalue weighted by atomic mass is 16.4. The van der Waals surface area contributed by atoms with Crippen molar-refractivity contribution in [3.8, 4) is 11.3 Å². The van der Waals surface area contributed by atoms with Gasteiger partial charge in [-0.15, -0.1) is 0 Å². The molecule has 0 bridgehead atoms. The molecule has 2 heterocycles. The number of aromatic nitrogens is 3. The van der Waals surface area contributed by atoms with Gasteiger partial charge in [0.05, 0.1) is 11.9 Å². The zero-order chi connectivity index (χ0) is 12.1. The molecule has 0 aliphatic heterocycles. The number of aliphatic carboxylic acids is 1. The molecular formula is C12H13N3O2. The van der Waals surface area contributed by atoms with Crippen LogP contribution >= 0.6 is 0 Å². The van der Waals surface area contributed by atoms with Gasteiger partial charge in [0.2, 0.25) is 0 Å². The van der Waals surface area contributed by atoms with Gasteiger partial charge < -0.3 is 10.1 Å². The van der Waals surface area contributed by atoms with E-state index in [1.807, 2.05) is 12.1 Å². The molecule has 0 atom stereocenters. The number of hydrogen-bond donors (Lipinski definition) is 2. The van der Waals surface area contributed by atoms with Crippen LogP contribution in [0.5, 0.6) is 0 Å². The monoisotopic (exact) mass is 231 g/mol. The Balaban J connectivity index is 1.99. The highest BCUT2D eigenvalue weighted by Gasteiger charge is 2.04. The smallest absolute Gasteiger partial charge is 0.303 e. The minimum absolute atomic E-state index is 0.172. The molecule has 2 aromatic heterocycles. The second-order valence-electron chi connectivity index (χ2n) is 3.73. The third kappa shape index (κ3) is 3.14. The number of carboxylic acids is 1. The standard InChI is InChI=1S/C12H13N3O2/c16-12(17)3-1-2-11-14-8-10(15-11)9-4-6-13-7-5-9/h4-8H,1-3H2,(H,14,15)(H,16,17). The molecule has 5 heteroatoms. The van der Waals surface area contributed by atoms with Gasteiger partial charge in [-0.2, -0.15) is 0 Å². The number of pyridine rings is 1. The van der Waals surface area contributed by atoms with E-state index < -0.39 is 5.97 Å². The third-order valence-corrected chi connectivity index (χ3v) is 2.42. The quantitative estimate of drug-likeness (QED) is 0.823. The molecule has 2 rings (SSSR count). The second-order valence-corrected chi connectivity index (χ2v) is 3.73. The number of nitrogens with one attached hydrogen (secondary N) is 1. The molecule has 0 radical (unpaired) electrons. The Kier molecular flexibility index (Phi) is 3.49. The molecule has 0 spiro atoms. The fourth-order valence-corrected chi connectivity index (χ4v) is 1.57. The summed E-state index contributed by atoms with van der Waals surface area (Å²) in [5.74, 6) is 0.0453. The molecule has 0 aliphatic rings. The van der Waals surface area contributed by atoms with Crippen molar-refractivity contribution in [3.05, 3.63) is 36.5 Å². The Labute approximate surface area is 98.6 Å². The lowest BCUT2D eigenvalue weighted by Crippen LogP contribution is -1.96. The first-order chi connectivity index (χ1) is 8.25. The molecule has 0 aromatic carbocycles. The number of aryl methyl sites for hydroxylation is 1. The molecule has 2 N–H and O–H groups in total. The summed E-state index contributed by atoms with van der Waals surface area (Å²) in [5, 5.41) is 8.54. The Bertz CT molecular complexity index is 493. The number of rotatable bonds is 5. The van der Waals surface area contributed by atoms with Gasteiger partial charge in [0.15, 0.2) is 0 Å². The third-order valence-electron chi connectivity index (χ3n) is 2.42. The number of H-pyrrole nitrogens is 1. The molecular weight excluding hydrogens is 218 g/mol. The van der Waals surface area contributed by atoms with Crippen LogP contribution in [-0.4, -0.2) is 26.0 Å². The van der Waals surface area contributed by atoms with Crippen LogP contribution in [-0.2, 0) is 11.2 Å². The van der Waals surface area contributed by atoms with E-state index in [0.29, 0.717) is 12.8 Å². The van der Waals surface area contributed by atoms with Crippen molar-refractivity contribution >= 4 is 5.97 Å². The average molecular weight is 231 g/mol. The van der Waals surface area contributed by atoms with Crippen molar-refractivity contribution in [2.75, 3.05) is 0 Å². The summed E-state index contributed by atoms with van der Waals surface area (Å²) in [6, 6.07) is 3.79. The summed E-state index contributed by atoms with van der Waals surface area (Å²) in [6.07, 6.45) is 6.62. The molecule has 88 valence electrons. The van der Waals surface area contributed by atoms with Crippen LogP contribution in [0.3, 0.4) is 0 Å². The lowest BCUT2D eigenvalue weighted by atomic mass is 10.2. The second kappa shape index (κ2) is 5.25. The van der Waals surface area contributed by atoms with Crippen LogP contribution in [0.25, 0.3) is 11.3 Å². The van der Waals surface area contributed by atoms with Gasteiger partial charge in [0.25, 0.3) is 0 Å². The summed E-state index contributed by atoms with van der Waals surface area (Å²) >= 11 is 0. The zero-order valence-electron chi connectivity index (χ0n) is 9.26. The van der Waals surface area contributed by atoms with Gasteiger partial charge >= 0.3 is 5.97 Å². The predicted octanol–water partition coefficient (Wildman–Crippen LogP) is 1.88. The first kappa shape index (κ1) is 11.3. The normalized spacial score (nSPS) is 10.4. The Morgan fingerprint density at radius 2 is 2.12 bits per heavy atom. The van der Waals surface area contributed by atoms with Crippen molar-refractivity contribution in [1.82, 2.24) is 15.0 Å². The van der Waals surface area contributed by atoms with Crippen molar-refractivity contribution < 1.29 is 9.90 Å². The van der Waals surface area contributed by atoms with E-state index in [2.05, 4.69) is 15.0 Å². The highest BCUT2D eigenvalue weighted by Crippen LogP contribution is 2.15. The lowest BCUT2D eigenvalue weighted by molar-refractivity contribution is -0.137. The molecule has 2 aromatic rings. The number of carboxylic acid groups (broad SMARTS) is 1. The minimum Gasteiger partial charge on any atom is -0.481 e. The maximum atomic E-state index is 10.4. The van der Waals surface area contributed by atoms with Crippen LogP contribution in [0.2, 0.25) is 0 Å². The first-order valence-corrected chi connectivity index (χ1v) is 5.42. The van der Waals surface area contributed by atoms with Crippen LogP contribution in [0.1, 0.15) is 18.7 Å². The number of nitrogens with zero attached hydrogens (tertiary/aromatic N) is 2. The average Bonchev–Trinajstić information content (AvgIpc) is 2.78. The molecule has 0 amide bonds. The van der Waals surface area contributed by atoms with Crippen LogP contribution in [0, 0.1) is 0 Å². The summed E-state index contributed by atoms with van der Waals surface area (Å²) in [4.78, 5) is 21.7. The Morgan fingerprint density at radius 3 is 2.82 bits per heavy atom. The minimum atomic E-state index is -0.772. The largest absolute Gasteiger partial charge is 0.481 e. The summed E-state index contributed by atoms with van der Waals surface area (Å²) < 4.78 is 0. The van der Waals surface area contributed by atoms with E-state index >= 15 is 0 Å². The first-order valence-electron chi connectivity index (χ1n) is 5.42. The van der Waals surface area contributed by atoms with Crippen LogP contribution in [0.4, 0.5) is 0 Å². The number of hydrogen-bond acceptors (Lipinski definition) is 3. The summed E-state index contributed by atoms with van der Waals surface area (Å²) in [7, 11) is 0. The van der Waals surface area contributed by atoms with Crippen molar-refractivity contribution in [1.29, 1.82) is 0 Å². The molecule has 0 aliphatic carbocycles.